The number of ether oxygens (including phenoxy) is 2. The van der Waals surface area contributed by atoms with Gasteiger partial charge in [0.1, 0.15) is 11.9 Å². The largest absolute Gasteiger partial charge is 0.453 e. The monoisotopic (exact) mass is 594 g/mol. The number of methoxy groups -OCH3 is 1. The van der Waals surface area contributed by atoms with Crippen LogP contribution in [0.5, 0.6) is 0 Å². The zero-order chi connectivity index (χ0) is 30.6. The molecule has 4 aromatic rings. The molecule has 6 rings (SSSR count). The minimum absolute atomic E-state index is 0.00638. The minimum Gasteiger partial charge on any atom is -0.453 e. The van der Waals surface area contributed by atoms with Gasteiger partial charge in [0.2, 0.25) is 5.91 Å². The number of aromatic amines is 1. The van der Waals surface area contributed by atoms with Gasteiger partial charge in [-0.15, -0.1) is 0 Å². The van der Waals surface area contributed by atoms with Crippen molar-refractivity contribution >= 4 is 28.5 Å². The molecule has 10 heteroatoms. The molecule has 2 unspecified atom stereocenters. The molecular weight excluding hydrogens is 556 g/mol. The highest BCUT2D eigenvalue weighted by Gasteiger charge is 2.40. The predicted octanol–water partition coefficient (Wildman–Crippen LogP) is 5.04. The first-order valence-electron chi connectivity index (χ1n) is 15.1. The van der Waals surface area contributed by atoms with Crippen LogP contribution in [0.1, 0.15) is 43.1 Å². The number of fused-ring (bicyclic) bond motifs is 1. The van der Waals surface area contributed by atoms with Crippen LogP contribution in [0.3, 0.4) is 0 Å². The molecule has 0 bridgehead atoms. The highest BCUT2D eigenvalue weighted by Crippen LogP contribution is 2.34. The lowest BCUT2D eigenvalue weighted by Gasteiger charge is -2.34. The molecule has 228 valence electrons. The smallest absolute Gasteiger partial charge is 0.407 e. The van der Waals surface area contributed by atoms with E-state index in [1.807, 2.05) is 29.3 Å². The summed E-state index contributed by atoms with van der Waals surface area (Å²) in [5, 5.41) is 13.0. The second kappa shape index (κ2) is 13.0. The van der Waals surface area contributed by atoms with Crippen molar-refractivity contribution in [2.45, 2.75) is 37.8 Å². The first-order chi connectivity index (χ1) is 21.4. The molecule has 2 atom stereocenters. The Morgan fingerprint density at radius 3 is 2.50 bits per heavy atom. The number of carbonyl (C=O) groups is 2. The summed E-state index contributed by atoms with van der Waals surface area (Å²) >= 11 is 0. The molecule has 0 radical (unpaired) electrons. The quantitative estimate of drug-likeness (QED) is 0.210. The summed E-state index contributed by atoms with van der Waals surface area (Å²) in [5.74, 6) is 0.639. The number of nitrogens with zero attached hydrogens (tertiary/aromatic N) is 2. The number of alkyl carbamates (subject to hydrolysis) is 1. The molecule has 2 fully saturated rings. The molecule has 1 aromatic heterocycles. The number of likely N-dealkylation sites (tertiary alicyclic amines) is 1. The van der Waals surface area contributed by atoms with Crippen molar-refractivity contribution in [1.29, 1.82) is 5.41 Å². The van der Waals surface area contributed by atoms with E-state index in [1.54, 1.807) is 0 Å². The summed E-state index contributed by atoms with van der Waals surface area (Å²) in [6, 6.07) is 19.8. The van der Waals surface area contributed by atoms with Gasteiger partial charge in [0.25, 0.3) is 0 Å². The van der Waals surface area contributed by atoms with Gasteiger partial charge in [-0.1, -0.05) is 48.5 Å². The van der Waals surface area contributed by atoms with Crippen LogP contribution in [0.15, 0.2) is 66.9 Å². The Morgan fingerprint density at radius 1 is 1.05 bits per heavy atom. The molecule has 5 N–H and O–H groups in total. The third kappa shape index (κ3) is 6.09. The summed E-state index contributed by atoms with van der Waals surface area (Å²) in [6.45, 7) is 1.98. The molecule has 10 nitrogen and oxygen atoms in total. The highest BCUT2D eigenvalue weighted by atomic mass is 16.5. The Morgan fingerprint density at radius 2 is 1.75 bits per heavy atom. The number of amides is 2. The molecule has 44 heavy (non-hydrogen) atoms. The number of aromatic nitrogens is 2. The van der Waals surface area contributed by atoms with Gasteiger partial charge in [0.05, 0.1) is 30.8 Å². The number of rotatable bonds is 8. The molecule has 2 aliphatic rings. The average Bonchev–Trinajstić information content (AvgIpc) is 3.77. The van der Waals surface area contributed by atoms with Crippen LogP contribution in [0.4, 0.5) is 4.79 Å². The molecule has 0 saturated carbocycles. The molecule has 2 aliphatic heterocycles. The van der Waals surface area contributed by atoms with E-state index in [0.717, 1.165) is 57.4 Å². The van der Waals surface area contributed by atoms with Gasteiger partial charge < -0.3 is 35.8 Å². The molecule has 2 amide bonds. The van der Waals surface area contributed by atoms with Crippen LogP contribution in [0, 0.1) is 11.3 Å². The molecule has 2 saturated heterocycles. The Balaban J connectivity index is 1.18. The zero-order valence-corrected chi connectivity index (χ0v) is 24.8. The van der Waals surface area contributed by atoms with Gasteiger partial charge in [-0.2, -0.15) is 0 Å². The van der Waals surface area contributed by atoms with Crippen LogP contribution in [0.25, 0.3) is 33.2 Å². The predicted molar refractivity (Wildman–Crippen MR) is 169 cm³/mol. The van der Waals surface area contributed by atoms with Crippen LogP contribution in [-0.2, 0) is 14.3 Å². The van der Waals surface area contributed by atoms with Crippen LogP contribution in [0.2, 0.25) is 0 Å². The van der Waals surface area contributed by atoms with E-state index >= 15 is 0 Å². The van der Waals surface area contributed by atoms with Crippen molar-refractivity contribution in [3.63, 3.8) is 0 Å². The van der Waals surface area contributed by atoms with Crippen molar-refractivity contribution in [2.75, 3.05) is 33.4 Å². The van der Waals surface area contributed by atoms with Crippen molar-refractivity contribution < 1.29 is 19.1 Å². The summed E-state index contributed by atoms with van der Waals surface area (Å²) < 4.78 is 10.3. The average molecular weight is 595 g/mol. The fourth-order valence-corrected chi connectivity index (χ4v) is 6.34. The van der Waals surface area contributed by atoms with Gasteiger partial charge in [-0.3, -0.25) is 4.79 Å². The van der Waals surface area contributed by atoms with Crippen LogP contribution < -0.4 is 11.1 Å². The number of benzene rings is 3. The maximum Gasteiger partial charge on any atom is 0.407 e. The van der Waals surface area contributed by atoms with Gasteiger partial charge in [-0.05, 0) is 76.8 Å². The molecule has 3 heterocycles. The number of H-pyrrole nitrogens is 1. The fourth-order valence-electron chi connectivity index (χ4n) is 6.34. The Hall–Kier alpha value is -4.54. The summed E-state index contributed by atoms with van der Waals surface area (Å²) in [7, 11) is 1.31. The normalized spacial score (nSPS) is 17.9. The van der Waals surface area contributed by atoms with Gasteiger partial charge in [0.15, 0.2) is 0 Å². The lowest BCUT2D eigenvalue weighted by Crippen LogP contribution is -2.53. The number of hydrogen-bond acceptors (Lipinski definition) is 7. The Labute approximate surface area is 256 Å². The van der Waals surface area contributed by atoms with E-state index in [9.17, 15) is 9.59 Å². The van der Waals surface area contributed by atoms with Crippen molar-refractivity contribution in [2.24, 2.45) is 11.7 Å². The summed E-state index contributed by atoms with van der Waals surface area (Å²) in [5.41, 5.74) is 11.0. The van der Waals surface area contributed by atoms with Crippen LogP contribution >= 0.6 is 0 Å². The first-order valence-corrected chi connectivity index (χ1v) is 15.1. The van der Waals surface area contributed by atoms with E-state index in [1.165, 1.54) is 7.11 Å². The Bertz CT molecular complexity index is 1660. The maximum atomic E-state index is 13.8. The lowest BCUT2D eigenvalue weighted by atomic mass is 9.90. The van der Waals surface area contributed by atoms with Crippen LogP contribution in [-0.4, -0.2) is 72.0 Å². The summed E-state index contributed by atoms with van der Waals surface area (Å²) in [4.78, 5) is 36.0. The van der Waals surface area contributed by atoms with E-state index in [-0.39, 0.29) is 24.4 Å². The number of hydrogen-bond donors (Lipinski definition) is 4. The van der Waals surface area contributed by atoms with Gasteiger partial charge in [-0.25, -0.2) is 9.78 Å². The third-order valence-corrected chi connectivity index (χ3v) is 8.83. The van der Waals surface area contributed by atoms with Crippen molar-refractivity contribution in [3.8, 4) is 22.4 Å². The van der Waals surface area contributed by atoms with E-state index in [0.29, 0.717) is 38.3 Å². The van der Waals surface area contributed by atoms with Gasteiger partial charge in [0, 0.05) is 26.3 Å². The van der Waals surface area contributed by atoms with Crippen molar-refractivity contribution in [1.82, 2.24) is 20.2 Å². The second-order valence-electron chi connectivity index (χ2n) is 11.5. The third-order valence-electron chi connectivity index (χ3n) is 8.83. The lowest BCUT2D eigenvalue weighted by molar-refractivity contribution is -0.136. The van der Waals surface area contributed by atoms with E-state index in [4.69, 9.17) is 25.6 Å². The van der Waals surface area contributed by atoms with Crippen molar-refractivity contribution in [3.05, 3.63) is 78.2 Å². The SMILES string of the molecule is COC(=O)NC(C(=O)N1CCCC1c1ncc(-c2ccc(-c3ccc4cc(C(=N)CN)ccc4c3)cc2)[nH]1)C1CCOCC1. The fraction of sp³-hybridized carbons (Fsp3) is 0.353. The molecule has 3 aromatic carbocycles. The van der Waals surface area contributed by atoms with E-state index < -0.39 is 12.1 Å². The number of nitrogens with one attached hydrogen (secondary N) is 3. The van der Waals surface area contributed by atoms with E-state index in [2.05, 4.69) is 52.8 Å². The molecule has 0 spiro atoms. The first kappa shape index (κ1) is 29.5. The zero-order valence-electron chi connectivity index (χ0n) is 24.8. The molecular formula is C34H38N6O4. The number of carbonyl (C=O) groups excluding carboxylic acids is 2. The number of nitrogens with two attached hydrogens (primary N) is 1. The molecule has 0 aliphatic carbocycles. The number of imidazole rings is 1. The standard InChI is InChI=1S/C34H38N6O4/c1-43-34(42)39-31(23-12-15-44-16-13-23)33(41)40-14-2-3-30(40)32-37-20-29(38-32)22-6-4-21(5-7-22)24-8-9-26-18-27(28(36)19-35)11-10-25(26)17-24/h4-11,17-18,20,23,30-31,36H,2-3,12-16,19,35H2,1H3,(H,37,38)(H,39,42). The minimum atomic E-state index is -0.662. The second-order valence-corrected chi connectivity index (χ2v) is 11.5. The Kier molecular flexibility index (Phi) is 8.72. The van der Waals surface area contributed by atoms with Gasteiger partial charge >= 0.3 is 6.09 Å². The summed E-state index contributed by atoms with van der Waals surface area (Å²) in [6.07, 6.45) is 4.30. The topological polar surface area (TPSA) is 146 Å². The highest BCUT2D eigenvalue weighted by molar-refractivity contribution is 6.03. The maximum absolute atomic E-state index is 13.8.